The highest BCUT2D eigenvalue weighted by molar-refractivity contribution is 7.64. The Bertz CT molecular complexity index is 2340. The highest BCUT2D eigenvalue weighted by Crippen LogP contribution is 2.52. The monoisotopic (exact) mass is 450 g/mol. The molecule has 0 N–H and O–H groups in total. The van der Waals surface area contributed by atoms with Crippen LogP contribution in [0.3, 0.4) is 0 Å². The van der Waals surface area contributed by atoms with Gasteiger partial charge in [-0.25, -0.2) is 0 Å². The average Bonchev–Trinajstić information content (AvgIpc) is 3.10. The van der Waals surface area contributed by atoms with Crippen LogP contribution in [0.25, 0.3) is 33.0 Å². The van der Waals surface area contributed by atoms with Crippen molar-refractivity contribution in [2.75, 3.05) is 0 Å². The third kappa shape index (κ3) is 3.36. The van der Waals surface area contributed by atoms with Crippen LogP contribution >= 0.6 is 7.92 Å². The molecule has 5 aromatic carbocycles. The van der Waals surface area contributed by atoms with Crippen molar-refractivity contribution in [1.82, 2.24) is 0 Å². The molecule has 1 heterocycles. The molecule has 0 bridgehead atoms. The maximum atomic E-state index is 9.70. The largest absolute Gasteiger partial charge is 0.0650 e. The average molecular weight is 451 g/mol. The lowest BCUT2D eigenvalue weighted by atomic mass is 9.98. The Balaban J connectivity index is 2.01. The van der Waals surface area contributed by atoms with Gasteiger partial charge in [0, 0.05) is 5.48 Å². The van der Waals surface area contributed by atoms with Crippen LogP contribution in [0, 0.1) is 6.92 Å². The molecule has 0 saturated carbocycles. The SMILES string of the molecule is [2H]c1c([2H])c([2H])c(-c2c([2H])c([2H])c([2H])c(-c3c([2H])c([2H])c([2H])c([2H])c3[2H])c2P2C([2H])([2H])c3c([2H])c([2H])c([2H])c4c([2H])c(C)c([2H])c(c34)C2([2H])[2H])c([2H])c1[2H]. The summed E-state index contributed by atoms with van der Waals surface area (Å²) in [4.78, 5) is 0. The van der Waals surface area contributed by atoms with Crippen LogP contribution in [0.2, 0.25) is 0 Å². The van der Waals surface area contributed by atoms with E-state index in [4.69, 9.17) is 24.7 Å². The molecule has 32 heavy (non-hydrogen) atoms. The molecule has 0 saturated heterocycles. The summed E-state index contributed by atoms with van der Waals surface area (Å²) in [5.74, 6) is 0. The van der Waals surface area contributed by atoms with Gasteiger partial charge >= 0.3 is 0 Å². The van der Waals surface area contributed by atoms with Gasteiger partial charge in [0.05, 0.1) is 24.7 Å². The molecule has 6 rings (SSSR count). The highest BCUT2D eigenvalue weighted by Gasteiger charge is 2.26. The van der Waals surface area contributed by atoms with Crippen molar-refractivity contribution in [1.29, 1.82) is 0 Å². The van der Waals surface area contributed by atoms with E-state index in [2.05, 4.69) is 0 Å². The summed E-state index contributed by atoms with van der Waals surface area (Å²) in [6.07, 6.45) is -6.51. The molecule has 0 fully saturated rings. The molecule has 0 spiro atoms. The molecule has 0 amide bonds. The number of hydrogen-bond acceptors (Lipinski definition) is 0. The van der Waals surface area contributed by atoms with Gasteiger partial charge in [-0.05, 0) is 68.6 Å². The van der Waals surface area contributed by atoms with Gasteiger partial charge in [0.25, 0.3) is 0 Å². The molecule has 0 aromatic heterocycles. The number of hydrogen-bond donors (Lipinski definition) is 0. The van der Waals surface area contributed by atoms with Crippen molar-refractivity contribution in [2.24, 2.45) is 0 Å². The van der Waals surface area contributed by atoms with Crippen molar-refractivity contribution in [3.8, 4) is 22.3 Å². The van der Waals surface area contributed by atoms with Crippen molar-refractivity contribution in [2.45, 2.75) is 19.2 Å². The van der Waals surface area contributed by atoms with E-state index in [0.29, 0.717) is 0 Å². The third-order valence-electron chi connectivity index (χ3n) is 4.77. The second-order valence-electron chi connectivity index (χ2n) is 6.78. The lowest BCUT2D eigenvalue weighted by Gasteiger charge is -2.30. The Morgan fingerprint density at radius 2 is 1.25 bits per heavy atom. The normalized spacial score (nSPS) is 28.0. The Kier molecular flexibility index (Phi) is 1.80. The molecule has 154 valence electrons. The fraction of sp³-hybridized carbons (Fsp3) is 0.0968. The Morgan fingerprint density at radius 1 is 0.656 bits per heavy atom. The van der Waals surface area contributed by atoms with Crippen LogP contribution in [0.1, 0.15) is 46.8 Å². The lowest BCUT2D eigenvalue weighted by molar-refractivity contribution is 1.29. The zero-order valence-corrected chi connectivity index (χ0v) is 17.3. The van der Waals surface area contributed by atoms with Crippen molar-refractivity contribution in [3.63, 3.8) is 0 Å². The van der Waals surface area contributed by atoms with Crippen LogP contribution in [-0.4, -0.2) is 0 Å². The summed E-state index contributed by atoms with van der Waals surface area (Å²) in [6, 6.07) is -16.5. The first-order chi connectivity index (χ1) is 24.8. The van der Waals surface area contributed by atoms with Crippen molar-refractivity contribution >= 4 is 24.0 Å². The predicted molar refractivity (Wildman–Crippen MR) is 140 cm³/mol. The summed E-state index contributed by atoms with van der Waals surface area (Å²) in [6.45, 7) is 1.26. The van der Waals surface area contributed by atoms with Gasteiger partial charge in [0.1, 0.15) is 0 Å². The molecule has 0 aliphatic carbocycles. The molecule has 0 radical (unpaired) electrons. The Labute approximate surface area is 222 Å². The van der Waals surface area contributed by atoms with Gasteiger partial charge in [-0.2, -0.15) is 0 Å². The maximum Gasteiger partial charge on any atom is 0.0632 e. The van der Waals surface area contributed by atoms with Gasteiger partial charge < -0.3 is 0 Å². The first-order valence-corrected chi connectivity index (χ1v) is 10.8. The van der Waals surface area contributed by atoms with Gasteiger partial charge in [-0.15, -0.1) is 0 Å². The molecule has 1 aliphatic heterocycles. The molecule has 1 heteroatoms. The van der Waals surface area contributed by atoms with E-state index in [1.54, 1.807) is 0 Å². The van der Waals surface area contributed by atoms with E-state index in [0.717, 1.165) is 0 Å². The molecule has 1 atom stereocenters. The zero-order chi connectivity index (χ0) is 40.7. The van der Waals surface area contributed by atoms with E-state index in [9.17, 15) is 5.48 Å². The van der Waals surface area contributed by atoms with Gasteiger partial charge in [0.2, 0.25) is 0 Å². The minimum Gasteiger partial charge on any atom is -0.0650 e. The number of benzene rings is 5. The topological polar surface area (TPSA) is 0 Å². The fourth-order valence-electron chi connectivity index (χ4n) is 3.48. The van der Waals surface area contributed by atoms with Gasteiger partial charge in [-0.1, -0.05) is 122 Å². The van der Waals surface area contributed by atoms with Crippen LogP contribution in [0.4, 0.5) is 0 Å². The summed E-state index contributed by atoms with van der Waals surface area (Å²) in [7, 11) is -3.65. The molecular weight excluding hydrogens is 403 g/mol. The molecule has 1 aliphatic rings. The number of rotatable bonds is 3. The molecular formula is C31H25P. The van der Waals surface area contributed by atoms with Gasteiger partial charge in [-0.3, -0.25) is 0 Å². The minimum absolute atomic E-state index is 0.198. The molecule has 1 unspecified atom stereocenters. The van der Waals surface area contributed by atoms with E-state index in [-0.39, 0.29) is 5.56 Å². The highest BCUT2D eigenvalue weighted by atomic mass is 31.1. The maximum absolute atomic E-state index is 9.70. The Morgan fingerprint density at radius 3 is 1.91 bits per heavy atom. The lowest BCUT2D eigenvalue weighted by Crippen LogP contribution is -2.15. The third-order valence-corrected chi connectivity index (χ3v) is 6.56. The first-order valence-electron chi connectivity index (χ1n) is 20.4. The smallest absolute Gasteiger partial charge is 0.0632 e. The van der Waals surface area contributed by atoms with Crippen molar-refractivity contribution in [3.05, 3.63) is 125 Å². The van der Waals surface area contributed by atoms with E-state index in [1.165, 1.54) is 6.92 Å². The Hall–Kier alpha value is -3.21. The van der Waals surface area contributed by atoms with Gasteiger partial charge in [0.15, 0.2) is 0 Å². The van der Waals surface area contributed by atoms with Crippen LogP contribution in [0.5, 0.6) is 0 Å². The summed E-state index contributed by atoms with van der Waals surface area (Å²) in [5.41, 5.74) is -5.10. The van der Waals surface area contributed by atoms with Crippen LogP contribution < -0.4 is 5.30 Å². The molecule has 5 aromatic rings. The standard InChI is InChI=1S/C31H25P/c1-22-18-25-14-8-15-26-20-32(21-27(19-22)30(25)26)31-28(23-10-4-2-5-11-23)16-9-17-29(31)24-12-6-3-7-13-24/h2-19H,20-21H2,1H3/i2D,3D,4D,5D,6D,7D,8D,9D,10D,11D,12D,13D,14D,15D,16D,17D,18D,19D,20D2,21D2. The van der Waals surface area contributed by atoms with E-state index >= 15 is 0 Å². The quantitative estimate of drug-likeness (QED) is 0.242. The summed E-state index contributed by atoms with van der Waals surface area (Å²) < 4.78 is 195. The van der Waals surface area contributed by atoms with Crippen molar-refractivity contribution < 1.29 is 30.2 Å². The van der Waals surface area contributed by atoms with Crippen LogP contribution in [0.15, 0.2) is 109 Å². The fourth-order valence-corrected chi connectivity index (χ4v) is 5.33. The first kappa shape index (κ1) is 7.14. The van der Waals surface area contributed by atoms with E-state index in [1.807, 2.05) is 0 Å². The predicted octanol–water partition coefficient (Wildman–Crippen LogP) is 8.30. The zero-order valence-electron chi connectivity index (χ0n) is 38.4. The second-order valence-corrected chi connectivity index (χ2v) is 8.35. The van der Waals surface area contributed by atoms with E-state index < -0.39 is 178 Å². The van der Waals surface area contributed by atoms with Crippen LogP contribution in [-0.2, 0) is 12.2 Å². The second kappa shape index (κ2) is 8.05. The molecule has 0 nitrogen and oxygen atoms in total. The minimum atomic E-state index is -3.65. The summed E-state index contributed by atoms with van der Waals surface area (Å²) in [5, 5.41) is -1.83. The summed E-state index contributed by atoms with van der Waals surface area (Å²) >= 11 is 0.